The summed E-state index contributed by atoms with van der Waals surface area (Å²) >= 11 is 0. The number of amides is 1. The van der Waals surface area contributed by atoms with Crippen molar-refractivity contribution in [2.75, 3.05) is 26.2 Å². The van der Waals surface area contributed by atoms with Gasteiger partial charge in [0.25, 0.3) is 5.91 Å². The molecule has 0 saturated carbocycles. The molecule has 0 N–H and O–H groups in total. The van der Waals surface area contributed by atoms with Gasteiger partial charge < -0.3 is 4.90 Å². The number of nitrogens with zero attached hydrogens (tertiary/aromatic N) is 5. The molecule has 1 fully saturated rings. The number of benzene rings is 1. The summed E-state index contributed by atoms with van der Waals surface area (Å²) in [4.78, 5) is 18.7. The third-order valence-electron chi connectivity index (χ3n) is 5.35. The number of alkyl halides is 3. The molecule has 0 unspecified atom stereocenters. The highest BCUT2D eigenvalue weighted by Gasteiger charge is 2.34. The monoisotopic (exact) mass is 467 g/mol. The van der Waals surface area contributed by atoms with Crippen molar-refractivity contribution in [3.8, 4) is 0 Å². The van der Waals surface area contributed by atoms with E-state index < -0.39 is 21.8 Å². The molecule has 8 nitrogen and oxygen atoms in total. The summed E-state index contributed by atoms with van der Waals surface area (Å²) < 4.78 is 66.6. The Morgan fingerprint density at radius 2 is 1.66 bits per heavy atom. The third-order valence-corrected chi connectivity index (χ3v) is 7.27. The summed E-state index contributed by atoms with van der Waals surface area (Å²) in [5.74, 6) is -0.302. The summed E-state index contributed by atoms with van der Waals surface area (Å²) in [6.45, 7) is 4.01. The van der Waals surface area contributed by atoms with Crippen molar-refractivity contribution >= 4 is 21.6 Å². The first-order chi connectivity index (χ1) is 15.0. The van der Waals surface area contributed by atoms with Crippen LogP contribution in [-0.4, -0.2) is 64.3 Å². The average molecular weight is 467 g/mol. The van der Waals surface area contributed by atoms with Crippen molar-refractivity contribution in [3.05, 3.63) is 59.0 Å². The largest absolute Gasteiger partial charge is 0.416 e. The second-order valence-electron chi connectivity index (χ2n) is 7.55. The van der Waals surface area contributed by atoms with Crippen molar-refractivity contribution in [2.45, 2.75) is 24.9 Å². The standard InChI is InChI=1S/C20H20F3N5O3S/c1-13-11-14(2)28-18(25-13)17(12-24-28)19(29)26-7-9-27(10-8-26)32(30,31)16-5-3-15(4-6-16)20(21,22)23/h3-6,11-12H,7-10H2,1-2H3. The minimum Gasteiger partial charge on any atom is -0.336 e. The molecule has 0 spiro atoms. The van der Waals surface area contributed by atoms with E-state index in [1.54, 1.807) is 4.52 Å². The quantitative estimate of drug-likeness (QED) is 0.591. The van der Waals surface area contributed by atoms with Crippen molar-refractivity contribution in [3.63, 3.8) is 0 Å². The molecular formula is C20H20F3N5O3S. The zero-order chi connectivity index (χ0) is 23.3. The Balaban J connectivity index is 1.49. The predicted molar refractivity (Wildman–Crippen MR) is 109 cm³/mol. The van der Waals surface area contributed by atoms with E-state index in [1.807, 2.05) is 19.9 Å². The molecule has 0 bridgehead atoms. The van der Waals surface area contributed by atoms with E-state index in [0.29, 0.717) is 11.2 Å². The van der Waals surface area contributed by atoms with Crippen LogP contribution in [0.15, 0.2) is 41.4 Å². The van der Waals surface area contributed by atoms with Crippen molar-refractivity contribution < 1.29 is 26.4 Å². The summed E-state index contributed by atoms with van der Waals surface area (Å²) in [5, 5.41) is 4.21. The Kier molecular flexibility index (Phi) is 5.45. The van der Waals surface area contributed by atoms with Gasteiger partial charge in [0.1, 0.15) is 5.56 Å². The van der Waals surface area contributed by atoms with Gasteiger partial charge in [-0.2, -0.15) is 22.6 Å². The van der Waals surface area contributed by atoms with Gasteiger partial charge in [0.2, 0.25) is 10.0 Å². The van der Waals surface area contributed by atoms with Crippen molar-refractivity contribution in [1.29, 1.82) is 0 Å². The molecule has 4 rings (SSSR count). The minimum absolute atomic E-state index is 0.0276. The molecule has 0 aliphatic carbocycles. The van der Waals surface area contributed by atoms with Gasteiger partial charge in [0, 0.05) is 37.6 Å². The van der Waals surface area contributed by atoms with Crippen LogP contribution in [0.2, 0.25) is 0 Å². The lowest BCUT2D eigenvalue weighted by Crippen LogP contribution is -2.50. The van der Waals surface area contributed by atoms with Crippen LogP contribution in [0.4, 0.5) is 13.2 Å². The lowest BCUT2D eigenvalue weighted by atomic mass is 10.2. The van der Waals surface area contributed by atoms with Gasteiger partial charge in [-0.3, -0.25) is 4.79 Å². The number of piperazine rings is 1. The Hall–Kier alpha value is -2.99. The normalized spacial score (nSPS) is 16.0. The van der Waals surface area contributed by atoms with Crippen LogP contribution in [0.5, 0.6) is 0 Å². The first-order valence-corrected chi connectivity index (χ1v) is 11.2. The maximum atomic E-state index is 13.0. The van der Waals surface area contributed by atoms with E-state index in [4.69, 9.17) is 0 Å². The lowest BCUT2D eigenvalue weighted by Gasteiger charge is -2.33. The van der Waals surface area contributed by atoms with Crippen molar-refractivity contribution in [2.24, 2.45) is 0 Å². The molecule has 32 heavy (non-hydrogen) atoms. The highest BCUT2D eigenvalue weighted by molar-refractivity contribution is 7.89. The van der Waals surface area contributed by atoms with E-state index in [0.717, 1.165) is 35.7 Å². The van der Waals surface area contributed by atoms with E-state index in [-0.39, 0.29) is 37.0 Å². The Morgan fingerprint density at radius 3 is 2.25 bits per heavy atom. The molecule has 3 heterocycles. The van der Waals surface area contributed by atoms with Crippen LogP contribution in [0.1, 0.15) is 27.3 Å². The summed E-state index contributed by atoms with van der Waals surface area (Å²) in [5.41, 5.74) is 1.43. The van der Waals surface area contributed by atoms with Gasteiger partial charge >= 0.3 is 6.18 Å². The topological polar surface area (TPSA) is 87.9 Å². The second-order valence-corrected chi connectivity index (χ2v) is 9.49. The molecule has 1 amide bonds. The molecule has 1 saturated heterocycles. The van der Waals surface area contributed by atoms with E-state index in [1.165, 1.54) is 15.4 Å². The number of aryl methyl sites for hydroxylation is 2. The number of sulfonamides is 1. The Bertz CT molecular complexity index is 1280. The molecule has 3 aromatic rings. The molecule has 0 radical (unpaired) electrons. The fourth-order valence-electron chi connectivity index (χ4n) is 3.69. The van der Waals surface area contributed by atoms with Crippen LogP contribution in [0, 0.1) is 13.8 Å². The van der Waals surface area contributed by atoms with Crippen LogP contribution in [0.3, 0.4) is 0 Å². The maximum Gasteiger partial charge on any atom is 0.416 e. The third kappa shape index (κ3) is 3.95. The maximum absolute atomic E-state index is 13.0. The summed E-state index contributed by atoms with van der Waals surface area (Å²) in [7, 11) is -3.97. The number of rotatable bonds is 3. The highest BCUT2D eigenvalue weighted by atomic mass is 32.2. The van der Waals surface area contributed by atoms with E-state index >= 15 is 0 Å². The van der Waals surface area contributed by atoms with Crippen LogP contribution in [0.25, 0.3) is 5.65 Å². The zero-order valence-corrected chi connectivity index (χ0v) is 18.1. The number of halogens is 3. The molecule has 12 heteroatoms. The fraction of sp³-hybridized carbons (Fsp3) is 0.350. The first-order valence-electron chi connectivity index (χ1n) is 9.77. The zero-order valence-electron chi connectivity index (χ0n) is 17.3. The number of aromatic nitrogens is 3. The van der Waals surface area contributed by atoms with Crippen molar-refractivity contribution in [1.82, 2.24) is 23.8 Å². The fourth-order valence-corrected chi connectivity index (χ4v) is 5.11. The predicted octanol–water partition coefficient (Wildman–Crippen LogP) is 2.51. The second kappa shape index (κ2) is 7.85. The van der Waals surface area contributed by atoms with E-state index in [9.17, 15) is 26.4 Å². The summed E-state index contributed by atoms with van der Waals surface area (Å²) in [6, 6.07) is 5.23. The van der Waals surface area contributed by atoms with Gasteiger partial charge in [0.15, 0.2) is 5.65 Å². The smallest absolute Gasteiger partial charge is 0.336 e. The van der Waals surface area contributed by atoms with Gasteiger partial charge in [-0.15, -0.1) is 0 Å². The SMILES string of the molecule is Cc1cc(C)n2ncc(C(=O)N3CCN(S(=O)(=O)c4ccc(C(F)(F)F)cc4)CC3)c2n1. The number of hydrogen-bond acceptors (Lipinski definition) is 5. The van der Waals surface area contributed by atoms with Crippen LogP contribution in [-0.2, 0) is 16.2 Å². The van der Waals surface area contributed by atoms with Gasteiger partial charge in [-0.25, -0.2) is 17.9 Å². The molecule has 1 aromatic carbocycles. The van der Waals surface area contributed by atoms with Gasteiger partial charge in [0.05, 0.1) is 16.7 Å². The molecule has 0 atom stereocenters. The first kappa shape index (κ1) is 22.2. The number of carbonyl (C=O) groups excluding carboxylic acids is 1. The molecule has 1 aliphatic heterocycles. The lowest BCUT2D eigenvalue weighted by molar-refractivity contribution is -0.137. The highest BCUT2D eigenvalue weighted by Crippen LogP contribution is 2.30. The average Bonchev–Trinajstić information content (AvgIpc) is 3.17. The number of hydrogen-bond donors (Lipinski definition) is 0. The molecule has 170 valence electrons. The van der Waals surface area contributed by atoms with Gasteiger partial charge in [-0.1, -0.05) is 0 Å². The van der Waals surface area contributed by atoms with E-state index in [2.05, 4.69) is 10.1 Å². The van der Waals surface area contributed by atoms with Crippen LogP contribution < -0.4 is 0 Å². The Morgan fingerprint density at radius 1 is 1.03 bits per heavy atom. The number of carbonyl (C=O) groups is 1. The Labute approximate surface area is 182 Å². The van der Waals surface area contributed by atoms with Gasteiger partial charge in [-0.05, 0) is 44.2 Å². The minimum atomic E-state index is -4.54. The molecule has 2 aromatic heterocycles. The number of fused-ring (bicyclic) bond motifs is 1. The summed E-state index contributed by atoms with van der Waals surface area (Å²) in [6.07, 6.45) is -3.10. The molecule has 1 aliphatic rings. The van der Waals surface area contributed by atoms with Crippen LogP contribution >= 0.6 is 0 Å². The molecular weight excluding hydrogens is 447 g/mol.